The van der Waals surface area contributed by atoms with Crippen LogP contribution in [0.2, 0.25) is 0 Å². The van der Waals surface area contributed by atoms with Gasteiger partial charge in [-0.05, 0) is 44.0 Å². The van der Waals surface area contributed by atoms with Crippen LogP contribution in [-0.4, -0.2) is 38.9 Å². The second kappa shape index (κ2) is 6.07. The van der Waals surface area contributed by atoms with Crippen molar-refractivity contribution in [1.82, 2.24) is 19.8 Å². The largest absolute Gasteiger partial charge is 0.367 e. The second-order valence-corrected chi connectivity index (χ2v) is 6.12. The minimum Gasteiger partial charge on any atom is -0.367 e. The van der Waals surface area contributed by atoms with Crippen LogP contribution >= 0.6 is 0 Å². The Morgan fingerprint density at radius 1 is 1.17 bits per heavy atom. The number of hydrogen-bond donors (Lipinski definition) is 1. The molecule has 6 nitrogen and oxygen atoms in total. The lowest BCUT2D eigenvalue weighted by Gasteiger charge is -2.35. The number of aryl methyl sites for hydroxylation is 1. The monoisotopic (exact) mass is 326 g/mol. The first-order chi connectivity index (χ1) is 11.7. The fraction of sp³-hybridized carbons (Fsp3) is 0.353. The van der Waals surface area contributed by atoms with Crippen molar-refractivity contribution in [2.45, 2.75) is 25.8 Å². The zero-order valence-electron chi connectivity index (χ0n) is 13.5. The molecule has 1 aliphatic rings. The van der Waals surface area contributed by atoms with E-state index in [1.807, 2.05) is 31.2 Å². The predicted octanol–water partition coefficient (Wildman–Crippen LogP) is 2.65. The summed E-state index contributed by atoms with van der Waals surface area (Å²) >= 11 is 0. The normalized spacial score (nSPS) is 18.1. The van der Waals surface area contributed by atoms with Crippen LogP contribution in [0, 0.1) is 12.7 Å². The summed E-state index contributed by atoms with van der Waals surface area (Å²) in [6.07, 6.45) is 2.05. The van der Waals surface area contributed by atoms with Crippen LogP contribution in [0.3, 0.4) is 0 Å². The Balaban J connectivity index is 1.51. The standard InChI is InChI=1S/C17H19FN6/c1-12-20-21-17-9-8-16(22-24(12)17)19-13-5-4-10-23(11-13)15-7-3-2-6-14(15)18/h2-3,6-9,13H,4-5,10-11H2,1H3,(H,19,22). The maximum absolute atomic E-state index is 14.0. The highest BCUT2D eigenvalue weighted by Crippen LogP contribution is 2.24. The second-order valence-electron chi connectivity index (χ2n) is 6.12. The van der Waals surface area contributed by atoms with Crippen molar-refractivity contribution < 1.29 is 4.39 Å². The van der Waals surface area contributed by atoms with Crippen LogP contribution in [0.25, 0.3) is 5.65 Å². The maximum Gasteiger partial charge on any atom is 0.178 e. The molecule has 1 saturated heterocycles. The Morgan fingerprint density at radius 3 is 2.92 bits per heavy atom. The number of nitrogens with one attached hydrogen (secondary N) is 1. The van der Waals surface area contributed by atoms with Gasteiger partial charge in [0.1, 0.15) is 11.6 Å². The number of aromatic nitrogens is 4. The summed E-state index contributed by atoms with van der Waals surface area (Å²) < 4.78 is 15.7. The molecule has 1 aromatic carbocycles. The fourth-order valence-electron chi connectivity index (χ4n) is 3.20. The van der Waals surface area contributed by atoms with E-state index < -0.39 is 0 Å². The van der Waals surface area contributed by atoms with Gasteiger partial charge in [-0.3, -0.25) is 0 Å². The van der Waals surface area contributed by atoms with E-state index in [9.17, 15) is 4.39 Å². The molecule has 3 heterocycles. The third-order valence-electron chi connectivity index (χ3n) is 4.39. The molecule has 4 rings (SSSR count). The third-order valence-corrected chi connectivity index (χ3v) is 4.39. The fourth-order valence-corrected chi connectivity index (χ4v) is 3.20. The molecule has 1 aliphatic heterocycles. The number of hydrogen-bond acceptors (Lipinski definition) is 5. The van der Waals surface area contributed by atoms with Gasteiger partial charge in [0.05, 0.1) is 5.69 Å². The van der Waals surface area contributed by atoms with Crippen molar-refractivity contribution in [3.8, 4) is 0 Å². The van der Waals surface area contributed by atoms with Gasteiger partial charge >= 0.3 is 0 Å². The van der Waals surface area contributed by atoms with Crippen molar-refractivity contribution in [2.75, 3.05) is 23.3 Å². The topological polar surface area (TPSA) is 58.4 Å². The van der Waals surface area contributed by atoms with Crippen LogP contribution in [0.4, 0.5) is 15.9 Å². The molecule has 0 amide bonds. The zero-order chi connectivity index (χ0) is 16.5. The summed E-state index contributed by atoms with van der Waals surface area (Å²) in [4.78, 5) is 2.10. The van der Waals surface area contributed by atoms with E-state index >= 15 is 0 Å². The number of para-hydroxylation sites is 1. The van der Waals surface area contributed by atoms with Gasteiger partial charge in [-0.1, -0.05) is 12.1 Å². The van der Waals surface area contributed by atoms with Gasteiger partial charge in [-0.25, -0.2) is 4.39 Å². The quantitative estimate of drug-likeness (QED) is 0.802. The first-order valence-corrected chi connectivity index (χ1v) is 8.16. The van der Waals surface area contributed by atoms with Crippen molar-refractivity contribution in [2.24, 2.45) is 0 Å². The molecule has 0 aliphatic carbocycles. The minimum absolute atomic E-state index is 0.169. The van der Waals surface area contributed by atoms with Gasteiger partial charge in [0.15, 0.2) is 11.5 Å². The number of halogens is 1. The zero-order valence-corrected chi connectivity index (χ0v) is 13.5. The van der Waals surface area contributed by atoms with Gasteiger partial charge in [-0.15, -0.1) is 15.3 Å². The van der Waals surface area contributed by atoms with E-state index in [1.165, 1.54) is 6.07 Å². The Morgan fingerprint density at radius 2 is 2.04 bits per heavy atom. The molecule has 124 valence electrons. The lowest BCUT2D eigenvalue weighted by atomic mass is 10.0. The smallest absolute Gasteiger partial charge is 0.178 e. The van der Waals surface area contributed by atoms with Crippen LogP contribution in [0.1, 0.15) is 18.7 Å². The SMILES string of the molecule is Cc1nnc2ccc(NC3CCCN(c4ccccc4F)C3)nn12. The molecule has 24 heavy (non-hydrogen) atoms. The van der Waals surface area contributed by atoms with Crippen LogP contribution in [-0.2, 0) is 0 Å². The highest BCUT2D eigenvalue weighted by atomic mass is 19.1. The van der Waals surface area contributed by atoms with Gasteiger partial charge in [0, 0.05) is 19.1 Å². The maximum atomic E-state index is 14.0. The Kier molecular flexibility index (Phi) is 3.76. The molecule has 1 N–H and O–H groups in total. The molecule has 0 spiro atoms. The predicted molar refractivity (Wildman–Crippen MR) is 90.8 cm³/mol. The first kappa shape index (κ1) is 14.9. The molecule has 1 fully saturated rings. The lowest BCUT2D eigenvalue weighted by molar-refractivity contribution is 0.517. The van der Waals surface area contributed by atoms with Gasteiger partial charge in [0.25, 0.3) is 0 Å². The Labute approximate surface area is 139 Å². The molecule has 0 saturated carbocycles. The number of fused-ring (bicyclic) bond motifs is 1. The average molecular weight is 326 g/mol. The van der Waals surface area contributed by atoms with E-state index in [-0.39, 0.29) is 11.9 Å². The molecular formula is C17H19FN6. The number of piperidine rings is 1. The Bertz CT molecular complexity index is 861. The van der Waals surface area contributed by atoms with E-state index in [0.717, 1.165) is 43.2 Å². The van der Waals surface area contributed by atoms with Crippen molar-refractivity contribution >= 4 is 17.2 Å². The molecule has 1 atom stereocenters. The highest BCUT2D eigenvalue weighted by molar-refractivity contribution is 5.49. The van der Waals surface area contributed by atoms with Crippen LogP contribution in [0.5, 0.6) is 0 Å². The van der Waals surface area contributed by atoms with Crippen molar-refractivity contribution in [3.05, 3.63) is 48.0 Å². The summed E-state index contributed by atoms with van der Waals surface area (Å²) in [6, 6.07) is 11.0. The molecule has 7 heteroatoms. The Hall–Kier alpha value is -2.70. The molecular weight excluding hydrogens is 307 g/mol. The number of nitrogens with zero attached hydrogens (tertiary/aromatic N) is 5. The minimum atomic E-state index is -0.169. The van der Waals surface area contributed by atoms with Crippen molar-refractivity contribution in [3.63, 3.8) is 0 Å². The first-order valence-electron chi connectivity index (χ1n) is 8.16. The molecule has 0 radical (unpaired) electrons. The van der Waals surface area contributed by atoms with E-state index in [2.05, 4.69) is 25.5 Å². The summed E-state index contributed by atoms with van der Waals surface area (Å²) in [5.41, 5.74) is 1.40. The van der Waals surface area contributed by atoms with Crippen LogP contribution in [0.15, 0.2) is 36.4 Å². The third kappa shape index (κ3) is 2.77. The van der Waals surface area contributed by atoms with Crippen molar-refractivity contribution in [1.29, 1.82) is 0 Å². The summed E-state index contributed by atoms with van der Waals surface area (Å²) in [5, 5.41) is 16.0. The molecule has 0 bridgehead atoms. The number of benzene rings is 1. The van der Waals surface area contributed by atoms with Crippen LogP contribution < -0.4 is 10.2 Å². The summed E-state index contributed by atoms with van der Waals surface area (Å²) in [6.45, 7) is 3.50. The number of anilines is 2. The van der Waals surface area contributed by atoms with Gasteiger partial charge in [0.2, 0.25) is 0 Å². The number of rotatable bonds is 3. The van der Waals surface area contributed by atoms with Gasteiger partial charge < -0.3 is 10.2 Å². The summed E-state index contributed by atoms with van der Waals surface area (Å²) in [7, 11) is 0. The van der Waals surface area contributed by atoms with Gasteiger partial charge in [-0.2, -0.15) is 4.52 Å². The van der Waals surface area contributed by atoms with E-state index in [4.69, 9.17) is 0 Å². The molecule has 2 aromatic heterocycles. The van der Waals surface area contributed by atoms with E-state index in [0.29, 0.717) is 5.69 Å². The average Bonchev–Trinajstić information content (AvgIpc) is 2.96. The molecule has 1 unspecified atom stereocenters. The summed E-state index contributed by atoms with van der Waals surface area (Å²) in [5.74, 6) is 1.37. The highest BCUT2D eigenvalue weighted by Gasteiger charge is 2.22. The van der Waals surface area contributed by atoms with E-state index in [1.54, 1.807) is 10.6 Å². The lowest BCUT2D eigenvalue weighted by Crippen LogP contribution is -2.42. The molecule has 3 aromatic rings.